The van der Waals surface area contributed by atoms with E-state index < -0.39 is 11.9 Å². The van der Waals surface area contributed by atoms with Crippen molar-refractivity contribution in [2.24, 2.45) is 0 Å². The molecule has 0 unspecified atom stereocenters. The maximum absolute atomic E-state index is 11.6. The Kier molecular flexibility index (Phi) is 2.44. The zero-order valence-corrected chi connectivity index (χ0v) is 12.4. The van der Waals surface area contributed by atoms with Gasteiger partial charge in [0.1, 0.15) is 5.92 Å². The van der Waals surface area contributed by atoms with E-state index in [1.807, 2.05) is 0 Å². The van der Waals surface area contributed by atoms with Crippen molar-refractivity contribution in [3.8, 4) is 11.1 Å². The largest absolute Gasteiger partial charge is 0.480 e. The van der Waals surface area contributed by atoms with Crippen LogP contribution in [0.3, 0.4) is 0 Å². The van der Waals surface area contributed by atoms with Crippen molar-refractivity contribution in [2.45, 2.75) is 33.6 Å². The molecule has 1 N–H and O–H groups in total. The third kappa shape index (κ3) is 1.30. The number of fused-ring (bicyclic) bond motifs is 3. The molecular weight excluding hydrogens is 264 g/mol. The smallest absolute Gasteiger partial charge is 0.317 e. The highest BCUT2D eigenvalue weighted by atomic mass is 32.1. The maximum Gasteiger partial charge on any atom is 0.317 e. The second-order valence-electron chi connectivity index (χ2n) is 4.82. The summed E-state index contributed by atoms with van der Waals surface area (Å²) in [5.74, 6) is -1.16. The van der Waals surface area contributed by atoms with Gasteiger partial charge in [-0.05, 0) is 38.8 Å². The molecule has 0 radical (unpaired) electrons. The second kappa shape index (κ2) is 3.68. The topological polar surface area (TPSA) is 37.3 Å². The lowest BCUT2D eigenvalue weighted by molar-refractivity contribution is -0.137. The van der Waals surface area contributed by atoms with Gasteiger partial charge in [0.25, 0.3) is 0 Å². The van der Waals surface area contributed by atoms with E-state index in [4.69, 9.17) is 0 Å². The number of hydrogen-bond acceptors (Lipinski definition) is 3. The van der Waals surface area contributed by atoms with Gasteiger partial charge in [0.15, 0.2) is 0 Å². The van der Waals surface area contributed by atoms with Gasteiger partial charge in [-0.2, -0.15) is 0 Å². The van der Waals surface area contributed by atoms with Crippen LogP contribution < -0.4 is 0 Å². The summed E-state index contributed by atoms with van der Waals surface area (Å²) < 4.78 is 0. The average Bonchev–Trinajstić information content (AvgIpc) is 2.82. The molecule has 2 nitrogen and oxygen atoms in total. The Morgan fingerprint density at radius 2 is 1.33 bits per heavy atom. The third-order valence-electron chi connectivity index (χ3n) is 3.85. The molecule has 2 aromatic heterocycles. The summed E-state index contributed by atoms with van der Waals surface area (Å²) >= 11 is 3.28. The van der Waals surface area contributed by atoms with Crippen molar-refractivity contribution in [3.05, 3.63) is 30.6 Å². The van der Waals surface area contributed by atoms with Crippen molar-refractivity contribution in [3.63, 3.8) is 0 Å². The predicted molar refractivity (Wildman–Crippen MR) is 76.1 cm³/mol. The number of aliphatic carboxylic acids is 1. The van der Waals surface area contributed by atoms with Crippen molar-refractivity contribution >= 4 is 28.6 Å². The Balaban J connectivity index is 2.41. The predicted octanol–water partition coefficient (Wildman–Crippen LogP) is 4.24. The molecule has 0 atom stereocenters. The first-order chi connectivity index (χ1) is 8.43. The van der Waals surface area contributed by atoms with Crippen molar-refractivity contribution in [1.29, 1.82) is 0 Å². The first-order valence-corrected chi connectivity index (χ1v) is 7.49. The number of carboxylic acids is 1. The SMILES string of the molecule is Cc1sc2c(c1C)-c1c(sc(C)c1C)C2C(=O)O. The molecule has 0 aromatic carbocycles. The highest BCUT2D eigenvalue weighted by molar-refractivity contribution is 7.15. The molecule has 94 valence electrons. The summed E-state index contributed by atoms with van der Waals surface area (Å²) in [7, 11) is 0. The molecule has 0 spiro atoms. The molecule has 1 aliphatic carbocycles. The lowest BCUT2D eigenvalue weighted by atomic mass is 10.0. The summed E-state index contributed by atoms with van der Waals surface area (Å²) in [5.41, 5.74) is 4.89. The van der Waals surface area contributed by atoms with Crippen LogP contribution >= 0.6 is 22.7 Å². The number of carbonyl (C=O) groups is 1. The molecular formula is C14H14O2S2. The van der Waals surface area contributed by atoms with E-state index in [1.54, 1.807) is 22.7 Å². The lowest BCUT2D eigenvalue weighted by Crippen LogP contribution is -2.07. The fourth-order valence-electron chi connectivity index (χ4n) is 2.68. The fourth-order valence-corrected chi connectivity index (χ4v) is 5.31. The van der Waals surface area contributed by atoms with Crippen LogP contribution in [0, 0.1) is 27.7 Å². The Bertz CT molecular complexity index is 624. The number of hydrogen-bond donors (Lipinski definition) is 1. The molecule has 0 aliphatic heterocycles. The summed E-state index contributed by atoms with van der Waals surface area (Å²) in [5, 5.41) is 9.52. The molecule has 3 rings (SSSR count). The Morgan fingerprint density at radius 1 is 0.944 bits per heavy atom. The minimum absolute atomic E-state index is 0.440. The van der Waals surface area contributed by atoms with E-state index >= 15 is 0 Å². The monoisotopic (exact) mass is 278 g/mol. The van der Waals surface area contributed by atoms with Crippen molar-refractivity contribution in [2.75, 3.05) is 0 Å². The van der Waals surface area contributed by atoms with Gasteiger partial charge in [-0.1, -0.05) is 0 Å². The molecule has 0 saturated heterocycles. The molecule has 18 heavy (non-hydrogen) atoms. The van der Waals surface area contributed by atoms with E-state index in [-0.39, 0.29) is 0 Å². The van der Waals surface area contributed by atoms with Gasteiger partial charge in [0, 0.05) is 30.6 Å². The normalized spacial score (nSPS) is 13.8. The summed E-state index contributed by atoms with van der Waals surface area (Å²) in [6, 6.07) is 0. The van der Waals surface area contributed by atoms with Crippen LogP contribution in [-0.2, 0) is 4.79 Å². The molecule has 0 bridgehead atoms. The maximum atomic E-state index is 11.6. The van der Waals surface area contributed by atoms with Crippen LogP contribution in [0.5, 0.6) is 0 Å². The molecule has 0 saturated carbocycles. The second-order valence-corrected chi connectivity index (χ2v) is 7.33. The zero-order valence-electron chi connectivity index (χ0n) is 10.7. The first-order valence-electron chi connectivity index (χ1n) is 5.86. The van der Waals surface area contributed by atoms with Crippen LogP contribution in [0.4, 0.5) is 0 Å². The third-order valence-corrected chi connectivity index (χ3v) is 6.39. The summed E-state index contributed by atoms with van der Waals surface area (Å²) in [6.45, 7) is 8.35. The van der Waals surface area contributed by atoms with E-state index in [0.29, 0.717) is 0 Å². The Labute approximate surface area is 114 Å². The Morgan fingerprint density at radius 3 is 1.67 bits per heavy atom. The van der Waals surface area contributed by atoms with Gasteiger partial charge in [0.05, 0.1) is 0 Å². The quantitative estimate of drug-likeness (QED) is 0.847. The van der Waals surface area contributed by atoms with Crippen LogP contribution in [-0.4, -0.2) is 11.1 Å². The van der Waals surface area contributed by atoms with E-state index in [9.17, 15) is 9.90 Å². The van der Waals surface area contributed by atoms with E-state index in [0.717, 1.165) is 9.75 Å². The van der Waals surface area contributed by atoms with Crippen LogP contribution in [0.25, 0.3) is 11.1 Å². The number of thiophene rings is 2. The number of rotatable bonds is 1. The van der Waals surface area contributed by atoms with Crippen LogP contribution in [0.1, 0.15) is 36.6 Å². The minimum atomic E-state index is -0.725. The number of carboxylic acid groups (broad SMARTS) is 1. The van der Waals surface area contributed by atoms with E-state index in [1.165, 1.54) is 32.0 Å². The van der Waals surface area contributed by atoms with Gasteiger partial charge in [-0.25, -0.2) is 0 Å². The van der Waals surface area contributed by atoms with Crippen LogP contribution in [0.2, 0.25) is 0 Å². The highest BCUT2D eigenvalue weighted by Gasteiger charge is 2.40. The van der Waals surface area contributed by atoms with Gasteiger partial charge in [0.2, 0.25) is 0 Å². The average molecular weight is 278 g/mol. The Hall–Kier alpha value is -1.13. The fraction of sp³-hybridized carbons (Fsp3) is 0.357. The molecule has 2 heterocycles. The molecule has 1 aliphatic rings. The molecule has 2 aromatic rings. The first kappa shape index (κ1) is 11.9. The van der Waals surface area contributed by atoms with Crippen molar-refractivity contribution < 1.29 is 9.90 Å². The summed E-state index contributed by atoms with van der Waals surface area (Å²) in [4.78, 5) is 16.1. The van der Waals surface area contributed by atoms with Gasteiger partial charge in [-0.3, -0.25) is 4.79 Å². The zero-order chi connectivity index (χ0) is 13.2. The van der Waals surface area contributed by atoms with E-state index in [2.05, 4.69) is 27.7 Å². The highest BCUT2D eigenvalue weighted by Crippen LogP contribution is 2.55. The van der Waals surface area contributed by atoms with Gasteiger partial charge in [-0.15, -0.1) is 22.7 Å². The molecule has 4 heteroatoms. The molecule has 0 fully saturated rings. The minimum Gasteiger partial charge on any atom is -0.480 e. The molecule has 0 amide bonds. The standard InChI is InChI=1S/C14H14O2S2/c1-5-7(3)17-12-9(5)10-6(2)8(4)18-13(10)11(12)14(15)16/h11H,1-4H3,(H,15,16). The lowest BCUT2D eigenvalue weighted by Gasteiger charge is -2.03. The van der Waals surface area contributed by atoms with Gasteiger partial charge < -0.3 is 5.11 Å². The van der Waals surface area contributed by atoms with Crippen molar-refractivity contribution in [1.82, 2.24) is 0 Å². The van der Waals surface area contributed by atoms with Crippen LogP contribution in [0.15, 0.2) is 0 Å². The van der Waals surface area contributed by atoms with Gasteiger partial charge >= 0.3 is 5.97 Å². The summed E-state index contributed by atoms with van der Waals surface area (Å²) in [6.07, 6.45) is 0. The number of aryl methyl sites for hydroxylation is 2.